The van der Waals surface area contributed by atoms with Gasteiger partial charge in [0.1, 0.15) is 12.4 Å². The van der Waals surface area contributed by atoms with Crippen LogP contribution in [0.15, 0.2) is 51.4 Å². The fraction of sp³-hybridized carbons (Fsp3) is 0.217. The second kappa shape index (κ2) is 9.43. The molecule has 3 aliphatic rings. The standard InChI is InChI=1S/C23H20N4O5S2/c1-3-33-23-26-34-22-25-21(28)15(20(24)27(22)23)8-13-4-6-16(18(9-13)29-2)30-11-14-5-7-17-19(10-14)32-12-31-17/h4-10,24H,3,11-12H2,1-2H3/b15-8-,24-20?. The first-order valence-corrected chi connectivity index (χ1v) is 12.1. The highest BCUT2D eigenvalue weighted by atomic mass is 32.2. The van der Waals surface area contributed by atoms with Crippen molar-refractivity contribution in [1.29, 1.82) is 5.41 Å². The number of carbonyl (C=O) groups excluding carboxylic acids is 1. The molecule has 0 spiro atoms. The molecule has 0 bridgehead atoms. The number of hydrogen-bond acceptors (Lipinski definition) is 9. The molecule has 0 fully saturated rings. The van der Waals surface area contributed by atoms with Crippen molar-refractivity contribution in [3.63, 3.8) is 0 Å². The second-order valence-corrected chi connectivity index (χ2v) is 9.19. The van der Waals surface area contributed by atoms with Crippen LogP contribution in [-0.2, 0) is 11.4 Å². The van der Waals surface area contributed by atoms with Crippen LogP contribution in [0.4, 0.5) is 0 Å². The molecular formula is C23H20N4O5S2. The van der Waals surface area contributed by atoms with Crippen molar-refractivity contribution in [2.75, 3.05) is 19.7 Å². The SMILES string of the molecule is CCSC1=NSC2=NC(=O)/C(=C\c3ccc(OCc4ccc5c(c4)OCO5)c(OC)c3)C(=N)N12. The molecule has 0 aromatic heterocycles. The molecule has 34 heavy (non-hydrogen) atoms. The van der Waals surface area contributed by atoms with Crippen molar-refractivity contribution in [2.45, 2.75) is 13.5 Å². The zero-order chi connectivity index (χ0) is 23.7. The van der Waals surface area contributed by atoms with Crippen LogP contribution in [0, 0.1) is 5.41 Å². The number of amidine groups is 3. The number of aliphatic imine (C=N–C) groups is 1. The van der Waals surface area contributed by atoms with Crippen LogP contribution >= 0.6 is 23.7 Å². The predicted molar refractivity (Wildman–Crippen MR) is 133 cm³/mol. The molecule has 174 valence electrons. The van der Waals surface area contributed by atoms with Crippen molar-refractivity contribution in [3.05, 3.63) is 53.1 Å². The number of hydrogen-bond donors (Lipinski definition) is 1. The van der Waals surface area contributed by atoms with Crippen molar-refractivity contribution in [2.24, 2.45) is 9.39 Å². The number of carbonyl (C=O) groups is 1. The monoisotopic (exact) mass is 496 g/mol. The van der Waals surface area contributed by atoms with E-state index >= 15 is 0 Å². The number of amides is 1. The van der Waals surface area contributed by atoms with Gasteiger partial charge in [0.2, 0.25) is 12.0 Å². The third-order valence-corrected chi connectivity index (χ3v) is 6.74. The van der Waals surface area contributed by atoms with Gasteiger partial charge in [-0.3, -0.25) is 10.2 Å². The molecule has 2 aromatic rings. The quantitative estimate of drug-likeness (QED) is 0.465. The fourth-order valence-corrected chi connectivity index (χ4v) is 5.05. The molecule has 0 saturated heterocycles. The van der Waals surface area contributed by atoms with E-state index in [4.69, 9.17) is 24.4 Å². The van der Waals surface area contributed by atoms with E-state index in [1.165, 1.54) is 11.8 Å². The number of thioether (sulfide) groups is 1. The lowest BCUT2D eigenvalue weighted by Gasteiger charge is -2.24. The van der Waals surface area contributed by atoms with E-state index in [0.29, 0.717) is 39.8 Å². The average molecular weight is 497 g/mol. The van der Waals surface area contributed by atoms with Gasteiger partial charge in [0.05, 0.1) is 24.6 Å². The maximum Gasteiger partial charge on any atom is 0.283 e. The topological polar surface area (TPSA) is 106 Å². The molecule has 11 heteroatoms. The Morgan fingerprint density at radius 1 is 1.21 bits per heavy atom. The van der Waals surface area contributed by atoms with Gasteiger partial charge in [-0.2, -0.15) is 9.39 Å². The smallest absolute Gasteiger partial charge is 0.283 e. The summed E-state index contributed by atoms with van der Waals surface area (Å²) in [5.74, 6) is 2.87. The highest BCUT2D eigenvalue weighted by Crippen LogP contribution is 2.35. The van der Waals surface area contributed by atoms with Crippen molar-refractivity contribution in [3.8, 4) is 23.0 Å². The summed E-state index contributed by atoms with van der Waals surface area (Å²) in [6.45, 7) is 2.54. The summed E-state index contributed by atoms with van der Waals surface area (Å²) in [5, 5.41) is 9.65. The summed E-state index contributed by atoms with van der Waals surface area (Å²) in [4.78, 5) is 18.3. The molecule has 9 nitrogen and oxygen atoms in total. The third-order valence-electron chi connectivity index (χ3n) is 5.10. The molecule has 0 unspecified atom stereocenters. The molecule has 1 N–H and O–H groups in total. The molecule has 0 saturated carbocycles. The van der Waals surface area contributed by atoms with E-state index < -0.39 is 5.91 Å². The average Bonchev–Trinajstić information content (AvgIpc) is 3.47. The van der Waals surface area contributed by atoms with Crippen LogP contribution in [0.3, 0.4) is 0 Å². The summed E-state index contributed by atoms with van der Waals surface area (Å²) in [7, 11) is 1.55. The Bertz CT molecular complexity index is 1270. The number of nitrogens with zero attached hydrogens (tertiary/aromatic N) is 3. The minimum absolute atomic E-state index is 0.0572. The van der Waals surface area contributed by atoms with Gasteiger partial charge in [-0.25, -0.2) is 4.90 Å². The van der Waals surface area contributed by atoms with E-state index in [9.17, 15) is 4.79 Å². The molecule has 1 amide bonds. The van der Waals surface area contributed by atoms with Gasteiger partial charge in [-0.1, -0.05) is 30.8 Å². The van der Waals surface area contributed by atoms with E-state index in [0.717, 1.165) is 29.0 Å². The van der Waals surface area contributed by atoms with Crippen LogP contribution in [-0.4, -0.2) is 46.6 Å². The zero-order valence-electron chi connectivity index (χ0n) is 18.4. The highest BCUT2D eigenvalue weighted by Gasteiger charge is 2.37. The molecule has 3 aliphatic heterocycles. The molecular weight excluding hydrogens is 476 g/mol. The highest BCUT2D eigenvalue weighted by molar-refractivity contribution is 8.19. The van der Waals surface area contributed by atoms with Gasteiger partial charge in [0.15, 0.2) is 28.2 Å². The van der Waals surface area contributed by atoms with Gasteiger partial charge >= 0.3 is 0 Å². The van der Waals surface area contributed by atoms with Gasteiger partial charge < -0.3 is 18.9 Å². The van der Waals surface area contributed by atoms with Crippen LogP contribution in [0.25, 0.3) is 6.08 Å². The van der Waals surface area contributed by atoms with Gasteiger partial charge in [0.25, 0.3) is 5.91 Å². The lowest BCUT2D eigenvalue weighted by molar-refractivity contribution is -0.114. The fourth-order valence-electron chi connectivity index (χ4n) is 3.48. The molecule has 0 atom stereocenters. The first-order valence-electron chi connectivity index (χ1n) is 10.4. The Hall–Kier alpha value is -3.44. The number of rotatable bonds is 6. The molecule has 3 heterocycles. The minimum atomic E-state index is -0.469. The van der Waals surface area contributed by atoms with Crippen LogP contribution in [0.1, 0.15) is 18.1 Å². The number of benzene rings is 2. The minimum Gasteiger partial charge on any atom is -0.493 e. The Labute approximate surface area is 204 Å². The van der Waals surface area contributed by atoms with E-state index in [1.807, 2.05) is 25.1 Å². The van der Waals surface area contributed by atoms with Gasteiger partial charge in [0, 0.05) is 0 Å². The van der Waals surface area contributed by atoms with E-state index in [1.54, 1.807) is 36.3 Å². The molecule has 2 aromatic carbocycles. The number of nitrogens with one attached hydrogen (secondary N) is 1. The maximum atomic E-state index is 12.6. The number of fused-ring (bicyclic) bond motifs is 2. The number of methoxy groups -OCH3 is 1. The third kappa shape index (κ3) is 4.24. The molecule has 0 radical (unpaired) electrons. The summed E-state index contributed by atoms with van der Waals surface area (Å²) in [5.41, 5.74) is 1.80. The Kier molecular flexibility index (Phi) is 6.20. The summed E-state index contributed by atoms with van der Waals surface area (Å²) in [6, 6.07) is 11.0. The second-order valence-electron chi connectivity index (χ2n) is 7.23. The summed E-state index contributed by atoms with van der Waals surface area (Å²) in [6.07, 6.45) is 1.63. The lowest BCUT2D eigenvalue weighted by Crippen LogP contribution is -2.41. The zero-order valence-corrected chi connectivity index (χ0v) is 20.0. The molecule has 0 aliphatic carbocycles. The van der Waals surface area contributed by atoms with Crippen molar-refractivity contribution < 1.29 is 23.7 Å². The van der Waals surface area contributed by atoms with Crippen LogP contribution in [0.2, 0.25) is 0 Å². The maximum absolute atomic E-state index is 12.6. The largest absolute Gasteiger partial charge is 0.493 e. The lowest BCUT2D eigenvalue weighted by atomic mass is 10.1. The van der Waals surface area contributed by atoms with Gasteiger partial charge in [-0.05, 0) is 47.2 Å². The van der Waals surface area contributed by atoms with Crippen LogP contribution < -0.4 is 18.9 Å². The Morgan fingerprint density at radius 2 is 2.06 bits per heavy atom. The summed E-state index contributed by atoms with van der Waals surface area (Å²) < 4.78 is 26.5. The van der Waals surface area contributed by atoms with E-state index in [-0.39, 0.29) is 18.2 Å². The van der Waals surface area contributed by atoms with Crippen molar-refractivity contribution in [1.82, 2.24) is 4.90 Å². The van der Waals surface area contributed by atoms with Crippen molar-refractivity contribution >= 4 is 51.9 Å². The number of ether oxygens (including phenoxy) is 4. The summed E-state index contributed by atoms with van der Waals surface area (Å²) >= 11 is 2.61. The predicted octanol–water partition coefficient (Wildman–Crippen LogP) is 4.33. The molecule has 5 rings (SSSR count). The first kappa shape index (κ1) is 22.4. The van der Waals surface area contributed by atoms with Crippen LogP contribution in [0.5, 0.6) is 23.0 Å². The first-order chi connectivity index (χ1) is 16.6. The Morgan fingerprint density at radius 3 is 2.88 bits per heavy atom. The van der Waals surface area contributed by atoms with E-state index in [2.05, 4.69) is 9.39 Å². The van der Waals surface area contributed by atoms with Gasteiger partial charge in [-0.15, -0.1) is 0 Å². The Balaban J connectivity index is 1.35. The normalized spacial score (nSPS) is 17.6.